The Labute approximate surface area is 157 Å². The Balaban J connectivity index is 1.94. The van der Waals surface area contributed by atoms with Crippen LogP contribution >= 0.6 is 0 Å². The zero-order valence-electron chi connectivity index (χ0n) is 14.9. The lowest BCUT2D eigenvalue weighted by Gasteiger charge is -2.21. The van der Waals surface area contributed by atoms with Crippen LogP contribution in [0, 0.1) is 0 Å². The van der Waals surface area contributed by atoms with E-state index in [1.807, 2.05) is 37.3 Å². The van der Waals surface area contributed by atoms with Gasteiger partial charge in [-0.25, -0.2) is 0 Å². The highest BCUT2D eigenvalue weighted by atomic mass is 16.2. The zero-order chi connectivity index (χ0) is 19.2. The lowest BCUT2D eigenvalue weighted by molar-refractivity contribution is -0.123. The van der Waals surface area contributed by atoms with Crippen molar-refractivity contribution in [2.24, 2.45) is 0 Å². The number of aromatic nitrogens is 1. The molecule has 0 unspecified atom stereocenters. The molecule has 5 nitrogen and oxygen atoms in total. The van der Waals surface area contributed by atoms with Crippen LogP contribution in [-0.2, 0) is 4.79 Å². The molecule has 1 aromatic heterocycles. The number of carbonyl (C=O) groups is 2. The maximum Gasteiger partial charge on any atom is 0.251 e. The molecule has 0 saturated carbocycles. The normalized spacial score (nSPS) is 12.8. The van der Waals surface area contributed by atoms with Gasteiger partial charge >= 0.3 is 0 Å². The maximum absolute atomic E-state index is 13.0. The number of pyridine rings is 1. The number of amides is 1. The van der Waals surface area contributed by atoms with Crippen molar-refractivity contribution in [1.29, 1.82) is 0 Å². The molecule has 1 N–H and O–H groups in total. The van der Waals surface area contributed by atoms with Crippen molar-refractivity contribution in [3.05, 3.63) is 107 Å². The molecule has 0 saturated heterocycles. The second kappa shape index (κ2) is 8.27. The minimum atomic E-state index is -1.27. The number of hydrogen-bond donors (Lipinski definition) is 1. The van der Waals surface area contributed by atoms with Crippen LogP contribution in [0.5, 0.6) is 0 Å². The first kappa shape index (κ1) is 18.3. The number of nitrogens with zero attached hydrogens (tertiary/aromatic N) is 1. The molecule has 2 atom stereocenters. The number of rotatable bonds is 6. The van der Waals surface area contributed by atoms with Crippen LogP contribution in [0.3, 0.4) is 0 Å². The quantitative estimate of drug-likeness (QED) is 0.542. The Kier molecular flexibility index (Phi) is 5.61. The number of ketones is 1. The highest BCUT2D eigenvalue weighted by molar-refractivity contribution is 6.11. The molecule has 5 heteroatoms. The van der Waals surface area contributed by atoms with Gasteiger partial charge < -0.3 is 5.32 Å². The number of carbonyl (C=O) groups excluding carboxylic acids is 2. The molecule has 136 valence electrons. The summed E-state index contributed by atoms with van der Waals surface area (Å²) in [5.74, 6) is -0.949. The van der Waals surface area contributed by atoms with E-state index < -0.39 is 23.3 Å². The fourth-order valence-corrected chi connectivity index (χ4v) is 2.90. The molecule has 2 aromatic carbocycles. The van der Waals surface area contributed by atoms with Crippen LogP contribution in [0.2, 0.25) is 0 Å². The average molecular weight is 360 g/mol. The first-order valence-electron chi connectivity index (χ1n) is 8.69. The average Bonchev–Trinajstić information content (AvgIpc) is 2.71. The van der Waals surface area contributed by atoms with Gasteiger partial charge in [-0.05, 0) is 18.6 Å². The summed E-state index contributed by atoms with van der Waals surface area (Å²) in [6.07, 6.45) is 1.46. The van der Waals surface area contributed by atoms with Crippen molar-refractivity contribution in [1.82, 2.24) is 9.88 Å². The third-order valence-corrected chi connectivity index (χ3v) is 4.34. The van der Waals surface area contributed by atoms with Gasteiger partial charge in [-0.15, -0.1) is 0 Å². The van der Waals surface area contributed by atoms with Crippen LogP contribution in [0.4, 0.5) is 0 Å². The molecule has 0 aliphatic rings. The van der Waals surface area contributed by atoms with E-state index >= 15 is 0 Å². The first-order valence-corrected chi connectivity index (χ1v) is 8.69. The summed E-state index contributed by atoms with van der Waals surface area (Å²) in [5.41, 5.74) is 0.882. The largest absolute Gasteiger partial charge is 0.347 e. The summed E-state index contributed by atoms with van der Waals surface area (Å²) < 4.78 is 1.17. The Morgan fingerprint density at radius 1 is 0.852 bits per heavy atom. The fourth-order valence-electron chi connectivity index (χ4n) is 2.90. The van der Waals surface area contributed by atoms with Crippen molar-refractivity contribution in [3.8, 4) is 0 Å². The fraction of sp³-hybridized carbons (Fsp3) is 0.136. The Morgan fingerprint density at radius 3 is 2.07 bits per heavy atom. The molecule has 0 aliphatic heterocycles. The number of hydrogen-bond acceptors (Lipinski definition) is 3. The van der Waals surface area contributed by atoms with Crippen LogP contribution in [0.1, 0.15) is 34.9 Å². The van der Waals surface area contributed by atoms with E-state index in [0.717, 1.165) is 5.56 Å². The number of benzene rings is 2. The zero-order valence-corrected chi connectivity index (χ0v) is 14.9. The lowest BCUT2D eigenvalue weighted by atomic mass is 10.0. The molecule has 27 heavy (non-hydrogen) atoms. The monoisotopic (exact) mass is 360 g/mol. The molecule has 0 aliphatic carbocycles. The van der Waals surface area contributed by atoms with Crippen molar-refractivity contribution < 1.29 is 9.59 Å². The van der Waals surface area contributed by atoms with Gasteiger partial charge in [0.1, 0.15) is 0 Å². The van der Waals surface area contributed by atoms with E-state index in [9.17, 15) is 14.4 Å². The molecule has 0 bridgehead atoms. The standard InChI is InChI=1S/C22H20N2O3/c1-16(17-10-4-2-5-11-17)23-22(27)20(24-15-9-8-14-19(24)25)21(26)18-12-6-3-7-13-18/h2-16,20H,1H3,(H,23,27)/t16-,20-/m1/s1. The molecule has 0 spiro atoms. The molecular weight excluding hydrogens is 340 g/mol. The van der Waals surface area contributed by atoms with Gasteiger partial charge in [0.25, 0.3) is 11.5 Å². The first-order chi connectivity index (χ1) is 13.1. The van der Waals surface area contributed by atoms with Gasteiger partial charge in [0.15, 0.2) is 11.8 Å². The molecule has 0 fully saturated rings. The summed E-state index contributed by atoms with van der Waals surface area (Å²) in [7, 11) is 0. The van der Waals surface area contributed by atoms with Gasteiger partial charge in [0.2, 0.25) is 0 Å². The molecule has 1 amide bonds. The molecule has 0 radical (unpaired) electrons. The lowest BCUT2D eigenvalue weighted by Crippen LogP contribution is -2.42. The summed E-state index contributed by atoms with van der Waals surface area (Å²) in [4.78, 5) is 38.3. The van der Waals surface area contributed by atoms with Crippen LogP contribution in [0.25, 0.3) is 0 Å². The topological polar surface area (TPSA) is 68.2 Å². The van der Waals surface area contributed by atoms with Crippen molar-refractivity contribution in [2.45, 2.75) is 19.0 Å². The summed E-state index contributed by atoms with van der Waals surface area (Å²) in [6.45, 7) is 1.84. The maximum atomic E-state index is 13.0. The van der Waals surface area contributed by atoms with Gasteiger partial charge in [-0.3, -0.25) is 19.0 Å². The summed E-state index contributed by atoms with van der Waals surface area (Å²) in [6, 6.07) is 20.9. The van der Waals surface area contributed by atoms with Crippen molar-refractivity contribution >= 4 is 11.7 Å². The van der Waals surface area contributed by atoms with E-state index in [1.165, 1.54) is 16.8 Å². The number of Topliss-reactive ketones (excluding diaryl/α,β-unsaturated/α-hetero) is 1. The second-order valence-electron chi connectivity index (χ2n) is 6.22. The number of nitrogens with one attached hydrogen (secondary N) is 1. The summed E-state index contributed by atoms with van der Waals surface area (Å²) in [5, 5.41) is 2.85. The molecule has 1 heterocycles. The van der Waals surface area contributed by atoms with Gasteiger partial charge in [0.05, 0.1) is 6.04 Å². The SMILES string of the molecule is C[C@@H](NC(=O)[C@@H](C(=O)c1ccccc1)n1ccccc1=O)c1ccccc1. The minimum Gasteiger partial charge on any atom is -0.347 e. The molecule has 3 rings (SSSR count). The summed E-state index contributed by atoms with van der Waals surface area (Å²) >= 11 is 0. The van der Waals surface area contributed by atoms with E-state index in [0.29, 0.717) is 5.56 Å². The third-order valence-electron chi connectivity index (χ3n) is 4.34. The van der Waals surface area contributed by atoms with Crippen LogP contribution < -0.4 is 10.9 Å². The van der Waals surface area contributed by atoms with Gasteiger partial charge in [-0.1, -0.05) is 66.7 Å². The highest BCUT2D eigenvalue weighted by Crippen LogP contribution is 2.17. The highest BCUT2D eigenvalue weighted by Gasteiger charge is 2.30. The predicted octanol–water partition coefficient (Wildman–Crippen LogP) is 3.15. The predicted molar refractivity (Wildman–Crippen MR) is 104 cm³/mol. The van der Waals surface area contributed by atoms with E-state index in [2.05, 4.69) is 5.32 Å². The Hall–Kier alpha value is -3.47. The van der Waals surface area contributed by atoms with E-state index in [1.54, 1.807) is 42.5 Å². The minimum absolute atomic E-state index is 0.302. The molecular formula is C22H20N2O3. The second-order valence-corrected chi connectivity index (χ2v) is 6.22. The van der Waals surface area contributed by atoms with Crippen LogP contribution in [0.15, 0.2) is 89.9 Å². The van der Waals surface area contributed by atoms with Crippen molar-refractivity contribution in [3.63, 3.8) is 0 Å². The van der Waals surface area contributed by atoms with Crippen molar-refractivity contribution in [2.75, 3.05) is 0 Å². The smallest absolute Gasteiger partial charge is 0.251 e. The van der Waals surface area contributed by atoms with E-state index in [-0.39, 0.29) is 6.04 Å². The van der Waals surface area contributed by atoms with Gasteiger partial charge in [0, 0.05) is 17.8 Å². The van der Waals surface area contributed by atoms with E-state index in [4.69, 9.17) is 0 Å². The Morgan fingerprint density at radius 2 is 1.44 bits per heavy atom. The van der Waals surface area contributed by atoms with Crippen LogP contribution in [-0.4, -0.2) is 16.3 Å². The Bertz CT molecular complexity index is 981. The van der Waals surface area contributed by atoms with Gasteiger partial charge in [-0.2, -0.15) is 0 Å². The third kappa shape index (κ3) is 4.20. The molecule has 3 aromatic rings.